The van der Waals surface area contributed by atoms with Crippen molar-refractivity contribution in [1.29, 1.82) is 0 Å². The quantitative estimate of drug-likeness (QED) is 0.471. The van der Waals surface area contributed by atoms with Gasteiger partial charge in [-0.2, -0.15) is 0 Å². The summed E-state index contributed by atoms with van der Waals surface area (Å²) in [6, 6.07) is 8.65. The molecule has 0 heterocycles. The van der Waals surface area contributed by atoms with Crippen molar-refractivity contribution in [1.82, 2.24) is 10.6 Å². The fourth-order valence-electron chi connectivity index (χ4n) is 1.82. The molecule has 2 N–H and O–H groups in total. The van der Waals surface area contributed by atoms with E-state index >= 15 is 0 Å². The van der Waals surface area contributed by atoms with Crippen molar-refractivity contribution in [3.05, 3.63) is 35.4 Å². The molecule has 108 valence electrons. The number of halogens is 1. The Labute approximate surface area is 134 Å². The van der Waals surface area contributed by atoms with Gasteiger partial charge in [0.1, 0.15) is 0 Å². The lowest BCUT2D eigenvalue weighted by molar-refractivity contribution is 0.753. The molecule has 0 aliphatic carbocycles. The summed E-state index contributed by atoms with van der Waals surface area (Å²) in [6.45, 7) is 11.1. The molecule has 1 unspecified atom stereocenters. The van der Waals surface area contributed by atoms with Crippen LogP contribution < -0.4 is 10.6 Å². The second-order valence-corrected chi connectivity index (χ2v) is 4.57. The van der Waals surface area contributed by atoms with Gasteiger partial charge in [-0.1, -0.05) is 36.8 Å². The third-order valence-corrected chi connectivity index (χ3v) is 2.82. The number of aryl methyl sites for hydroxylation is 1. The maximum Gasteiger partial charge on any atom is 0.191 e. The Balaban J connectivity index is 0.00000324. The van der Waals surface area contributed by atoms with Crippen LogP contribution in [0.25, 0.3) is 0 Å². The number of rotatable bonds is 5. The highest BCUT2D eigenvalue weighted by Crippen LogP contribution is 2.16. The molecule has 0 radical (unpaired) electrons. The van der Waals surface area contributed by atoms with E-state index in [1.165, 1.54) is 11.1 Å². The molecule has 1 aromatic carbocycles. The Morgan fingerprint density at radius 1 is 1.21 bits per heavy atom. The van der Waals surface area contributed by atoms with Crippen LogP contribution in [0.1, 0.15) is 37.8 Å². The zero-order chi connectivity index (χ0) is 13.4. The third-order valence-electron chi connectivity index (χ3n) is 2.82. The number of hydrogen-bond donors (Lipinski definition) is 2. The molecule has 0 fully saturated rings. The van der Waals surface area contributed by atoms with Crippen LogP contribution in [0.2, 0.25) is 0 Å². The van der Waals surface area contributed by atoms with Crippen LogP contribution in [0.3, 0.4) is 0 Å². The van der Waals surface area contributed by atoms with E-state index in [1.54, 1.807) is 0 Å². The van der Waals surface area contributed by atoms with E-state index in [4.69, 9.17) is 0 Å². The first-order valence-corrected chi connectivity index (χ1v) is 6.76. The largest absolute Gasteiger partial charge is 0.357 e. The van der Waals surface area contributed by atoms with Gasteiger partial charge in [-0.3, -0.25) is 4.99 Å². The summed E-state index contributed by atoms with van der Waals surface area (Å²) in [5, 5.41) is 6.48. The normalized spacial score (nSPS) is 11.2. The van der Waals surface area contributed by atoms with Crippen molar-refractivity contribution in [3.63, 3.8) is 0 Å². The van der Waals surface area contributed by atoms with E-state index in [0.29, 0.717) is 5.92 Å². The smallest absolute Gasteiger partial charge is 0.191 e. The second-order valence-electron chi connectivity index (χ2n) is 4.57. The first-order chi connectivity index (χ1) is 8.67. The Bertz CT molecular complexity index is 383. The fraction of sp³-hybridized carbons (Fsp3) is 0.533. The molecule has 0 saturated heterocycles. The summed E-state index contributed by atoms with van der Waals surface area (Å²) in [4.78, 5) is 4.60. The molecule has 0 amide bonds. The topological polar surface area (TPSA) is 36.4 Å². The molecule has 0 spiro atoms. The maximum atomic E-state index is 4.60. The lowest BCUT2D eigenvalue weighted by Crippen LogP contribution is -2.37. The minimum atomic E-state index is 0. The molecule has 3 nitrogen and oxygen atoms in total. The van der Waals surface area contributed by atoms with Gasteiger partial charge in [0, 0.05) is 25.6 Å². The van der Waals surface area contributed by atoms with Crippen molar-refractivity contribution in [2.45, 2.75) is 33.6 Å². The molecule has 0 aromatic heterocycles. The number of aliphatic imine (C=N–C) groups is 1. The highest BCUT2D eigenvalue weighted by molar-refractivity contribution is 14.0. The van der Waals surface area contributed by atoms with E-state index in [0.717, 1.165) is 25.6 Å². The lowest BCUT2D eigenvalue weighted by atomic mass is 10.00. The predicted molar refractivity (Wildman–Crippen MR) is 94.7 cm³/mol. The van der Waals surface area contributed by atoms with Crippen LogP contribution in [0.5, 0.6) is 0 Å². The van der Waals surface area contributed by atoms with Gasteiger partial charge in [0.15, 0.2) is 5.96 Å². The summed E-state index contributed by atoms with van der Waals surface area (Å²) in [5.41, 5.74) is 2.66. The van der Waals surface area contributed by atoms with Gasteiger partial charge in [0.25, 0.3) is 0 Å². The molecule has 0 saturated carbocycles. The lowest BCUT2D eigenvalue weighted by Gasteiger charge is -2.13. The Hall–Kier alpha value is -0.780. The summed E-state index contributed by atoms with van der Waals surface area (Å²) < 4.78 is 0. The summed E-state index contributed by atoms with van der Waals surface area (Å²) >= 11 is 0. The summed E-state index contributed by atoms with van der Waals surface area (Å²) in [7, 11) is 0. The standard InChI is InChI=1S/C15H25N3.HI/c1-5-16-15(17-6-2)18-11-13(4)14-9-7-8-12(3)10-14;/h7-10,13H,5-6,11H2,1-4H3,(H2,16,17,18);1H. The first-order valence-electron chi connectivity index (χ1n) is 6.76. The van der Waals surface area contributed by atoms with E-state index in [9.17, 15) is 0 Å². The minimum absolute atomic E-state index is 0. The zero-order valence-electron chi connectivity index (χ0n) is 12.4. The van der Waals surface area contributed by atoms with Crippen LogP contribution in [0.4, 0.5) is 0 Å². The molecular weight excluding hydrogens is 349 g/mol. The minimum Gasteiger partial charge on any atom is -0.357 e. The zero-order valence-corrected chi connectivity index (χ0v) is 14.7. The Morgan fingerprint density at radius 3 is 2.37 bits per heavy atom. The summed E-state index contributed by atoms with van der Waals surface area (Å²) in [6.07, 6.45) is 0. The number of guanidine groups is 1. The van der Waals surface area contributed by atoms with Crippen molar-refractivity contribution in [3.8, 4) is 0 Å². The number of nitrogens with one attached hydrogen (secondary N) is 2. The molecule has 0 aliphatic heterocycles. The van der Waals surface area contributed by atoms with Crippen molar-refractivity contribution >= 4 is 29.9 Å². The van der Waals surface area contributed by atoms with Gasteiger partial charge in [-0.25, -0.2) is 0 Å². The molecular formula is C15H26IN3. The van der Waals surface area contributed by atoms with E-state index in [1.807, 2.05) is 0 Å². The highest BCUT2D eigenvalue weighted by Gasteiger charge is 2.05. The van der Waals surface area contributed by atoms with Crippen LogP contribution in [-0.4, -0.2) is 25.6 Å². The maximum absolute atomic E-state index is 4.60. The third kappa shape index (κ3) is 6.80. The fourth-order valence-corrected chi connectivity index (χ4v) is 1.82. The van der Waals surface area contributed by atoms with Gasteiger partial charge in [0.05, 0.1) is 0 Å². The van der Waals surface area contributed by atoms with Gasteiger partial charge >= 0.3 is 0 Å². The first kappa shape index (κ1) is 18.2. The molecule has 0 aliphatic rings. The van der Waals surface area contributed by atoms with Gasteiger partial charge < -0.3 is 10.6 Å². The van der Waals surface area contributed by atoms with Crippen molar-refractivity contribution < 1.29 is 0 Å². The molecule has 1 atom stereocenters. The number of benzene rings is 1. The number of nitrogens with zero attached hydrogens (tertiary/aromatic N) is 1. The van der Waals surface area contributed by atoms with Gasteiger partial charge in [0.2, 0.25) is 0 Å². The van der Waals surface area contributed by atoms with Crippen LogP contribution in [0, 0.1) is 6.92 Å². The van der Waals surface area contributed by atoms with Gasteiger partial charge in [-0.05, 0) is 26.3 Å². The van der Waals surface area contributed by atoms with Crippen molar-refractivity contribution in [2.24, 2.45) is 4.99 Å². The average molecular weight is 375 g/mol. The Morgan fingerprint density at radius 2 is 1.84 bits per heavy atom. The monoisotopic (exact) mass is 375 g/mol. The molecule has 4 heteroatoms. The SMILES string of the molecule is CCNC(=NCC(C)c1cccc(C)c1)NCC.I. The average Bonchev–Trinajstić information content (AvgIpc) is 2.36. The Kier molecular flexibility index (Phi) is 9.65. The number of hydrogen-bond acceptors (Lipinski definition) is 1. The van der Waals surface area contributed by atoms with Crippen molar-refractivity contribution in [2.75, 3.05) is 19.6 Å². The molecule has 1 aromatic rings. The highest BCUT2D eigenvalue weighted by atomic mass is 127. The summed E-state index contributed by atoms with van der Waals surface area (Å²) in [5.74, 6) is 1.34. The van der Waals surface area contributed by atoms with Crippen LogP contribution >= 0.6 is 24.0 Å². The van der Waals surface area contributed by atoms with E-state index in [-0.39, 0.29) is 24.0 Å². The van der Waals surface area contributed by atoms with E-state index < -0.39 is 0 Å². The van der Waals surface area contributed by atoms with Crippen LogP contribution in [-0.2, 0) is 0 Å². The second kappa shape index (κ2) is 10.1. The van der Waals surface area contributed by atoms with E-state index in [2.05, 4.69) is 67.6 Å². The van der Waals surface area contributed by atoms with Gasteiger partial charge in [-0.15, -0.1) is 24.0 Å². The molecule has 19 heavy (non-hydrogen) atoms. The van der Waals surface area contributed by atoms with Crippen LogP contribution in [0.15, 0.2) is 29.3 Å². The molecule has 1 rings (SSSR count). The predicted octanol–water partition coefficient (Wildman–Crippen LogP) is 3.29. The molecule has 0 bridgehead atoms.